The maximum Gasteiger partial charge on any atom is 0.410 e. The van der Waals surface area contributed by atoms with Crippen LogP contribution in [0.1, 0.15) is 123 Å². The maximum absolute atomic E-state index is 13.6. The minimum atomic E-state index is -4.14. The van der Waals surface area contributed by atoms with Gasteiger partial charge in [-0.1, -0.05) is 31.4 Å². The Morgan fingerprint density at radius 2 is 1.39 bits per heavy atom. The molecule has 320 valence electrons. The first-order chi connectivity index (χ1) is 27.0. The first-order valence-electron chi connectivity index (χ1n) is 20.8. The lowest BCUT2D eigenvalue weighted by Crippen LogP contribution is -2.50. The lowest BCUT2D eigenvalue weighted by Gasteiger charge is -2.34. The number of nitrogens with one attached hydrogen (secondary N) is 3. The molecule has 0 aromatic heterocycles. The largest absolute Gasteiger partial charge is 0.465 e. The van der Waals surface area contributed by atoms with E-state index in [9.17, 15) is 37.5 Å². The summed E-state index contributed by atoms with van der Waals surface area (Å²) < 4.78 is 39.7. The summed E-state index contributed by atoms with van der Waals surface area (Å²) in [5.41, 5.74) is 0.519. The van der Waals surface area contributed by atoms with Crippen LogP contribution in [0.3, 0.4) is 0 Å². The predicted molar refractivity (Wildman–Crippen MR) is 214 cm³/mol. The number of carbonyl (C=O) groups is 5. The number of carbonyl (C=O) groups excluding carboxylic acids is 4. The Morgan fingerprint density at radius 3 is 1.91 bits per heavy atom. The standard InChI is InChI=1S/C41H65N5O10S/c1-5-55-38(49)35(44-57(53,54)34-17-15-32(16-18-34)31-9-7-6-8-10-31)27-42-36(47)28-43-37(48)33(13-11-29-19-23-45(24-20-29)39(50)51)14-12-30-21-25-46(26-22-30)40(52)56-41(2,3)4/h15-18,29-31,33,35,44H,5-14,19-28H2,1-4H3,(H,42,47)(H,43,48)(H,50,51)/t33?,35-/m0/s1. The van der Waals surface area contributed by atoms with E-state index in [4.69, 9.17) is 9.47 Å². The predicted octanol–water partition coefficient (Wildman–Crippen LogP) is 5.39. The molecule has 1 aromatic rings. The number of amides is 4. The van der Waals surface area contributed by atoms with E-state index in [0.29, 0.717) is 50.9 Å². The molecule has 2 atom stereocenters. The van der Waals surface area contributed by atoms with Crippen molar-refractivity contribution in [3.63, 3.8) is 0 Å². The molecule has 1 aliphatic carbocycles. The van der Waals surface area contributed by atoms with Crippen molar-refractivity contribution in [1.82, 2.24) is 25.2 Å². The van der Waals surface area contributed by atoms with Gasteiger partial charge in [0, 0.05) is 38.6 Å². The first-order valence-corrected chi connectivity index (χ1v) is 22.3. The lowest BCUT2D eigenvalue weighted by molar-refractivity contribution is -0.145. The number of sulfonamides is 1. The van der Waals surface area contributed by atoms with Crippen molar-refractivity contribution in [2.45, 2.75) is 134 Å². The molecule has 1 unspecified atom stereocenters. The molecule has 2 saturated heterocycles. The molecule has 2 aliphatic heterocycles. The minimum Gasteiger partial charge on any atom is -0.465 e. The fraction of sp³-hybridized carbons (Fsp3) is 0.732. The van der Waals surface area contributed by atoms with Crippen LogP contribution < -0.4 is 15.4 Å². The molecule has 4 amide bonds. The highest BCUT2D eigenvalue weighted by Gasteiger charge is 2.31. The van der Waals surface area contributed by atoms with Crippen molar-refractivity contribution in [3.8, 4) is 0 Å². The van der Waals surface area contributed by atoms with E-state index in [0.717, 1.165) is 69.8 Å². The molecule has 0 radical (unpaired) electrons. The minimum absolute atomic E-state index is 0.00187. The smallest absolute Gasteiger partial charge is 0.410 e. The molecule has 1 saturated carbocycles. The van der Waals surface area contributed by atoms with Gasteiger partial charge in [-0.15, -0.1) is 0 Å². The summed E-state index contributed by atoms with van der Waals surface area (Å²) in [5.74, 6) is -1.09. The second kappa shape index (κ2) is 21.7. The van der Waals surface area contributed by atoms with Crippen LogP contribution in [-0.2, 0) is 33.9 Å². The fourth-order valence-corrected chi connectivity index (χ4v) is 9.22. The van der Waals surface area contributed by atoms with Gasteiger partial charge in [-0.2, -0.15) is 4.72 Å². The number of carboxylic acid groups (broad SMARTS) is 1. The van der Waals surface area contributed by atoms with E-state index in [1.807, 2.05) is 32.9 Å². The van der Waals surface area contributed by atoms with Gasteiger partial charge in [-0.25, -0.2) is 18.0 Å². The zero-order valence-electron chi connectivity index (χ0n) is 34.3. The monoisotopic (exact) mass is 819 g/mol. The van der Waals surface area contributed by atoms with Crippen LogP contribution in [0.25, 0.3) is 0 Å². The third-order valence-corrected chi connectivity index (χ3v) is 12.9. The summed E-state index contributed by atoms with van der Waals surface area (Å²) in [6.07, 6.45) is 10.1. The van der Waals surface area contributed by atoms with E-state index in [-0.39, 0.29) is 48.4 Å². The van der Waals surface area contributed by atoms with Crippen LogP contribution in [0.2, 0.25) is 0 Å². The average Bonchev–Trinajstić information content (AvgIpc) is 3.18. The molecule has 2 heterocycles. The van der Waals surface area contributed by atoms with Gasteiger partial charge in [0.05, 0.1) is 18.0 Å². The Morgan fingerprint density at radius 1 is 0.825 bits per heavy atom. The number of esters is 1. The Hall–Kier alpha value is -3.92. The quantitative estimate of drug-likeness (QED) is 0.148. The van der Waals surface area contributed by atoms with Gasteiger partial charge in [0.2, 0.25) is 21.8 Å². The van der Waals surface area contributed by atoms with Crippen molar-refractivity contribution in [2.75, 3.05) is 45.9 Å². The highest BCUT2D eigenvalue weighted by Crippen LogP contribution is 2.33. The Labute approximate surface area is 338 Å². The highest BCUT2D eigenvalue weighted by atomic mass is 32.2. The molecule has 57 heavy (non-hydrogen) atoms. The van der Waals surface area contributed by atoms with E-state index in [2.05, 4.69) is 15.4 Å². The van der Waals surface area contributed by atoms with E-state index < -0.39 is 39.6 Å². The van der Waals surface area contributed by atoms with Gasteiger partial charge in [0.15, 0.2) is 0 Å². The Balaban J connectivity index is 1.30. The van der Waals surface area contributed by atoms with Crippen molar-refractivity contribution < 1.29 is 47.0 Å². The topological polar surface area (TPSA) is 201 Å². The first kappa shape index (κ1) is 45.8. The van der Waals surface area contributed by atoms with Crippen molar-refractivity contribution in [3.05, 3.63) is 29.8 Å². The van der Waals surface area contributed by atoms with Crippen LogP contribution in [0.15, 0.2) is 29.2 Å². The van der Waals surface area contributed by atoms with E-state index >= 15 is 0 Å². The molecule has 16 heteroatoms. The van der Waals surface area contributed by atoms with Gasteiger partial charge < -0.3 is 35.0 Å². The van der Waals surface area contributed by atoms with E-state index in [1.165, 1.54) is 23.5 Å². The molecule has 0 spiro atoms. The molecule has 0 bridgehead atoms. The van der Waals surface area contributed by atoms with Gasteiger partial charge in [0.1, 0.15) is 11.6 Å². The summed E-state index contributed by atoms with van der Waals surface area (Å²) in [6.45, 7) is 8.46. The number of nitrogens with zero attached hydrogens (tertiary/aromatic N) is 2. The summed E-state index contributed by atoms with van der Waals surface area (Å²) in [7, 11) is -4.14. The normalized spacial score (nSPS) is 18.7. The van der Waals surface area contributed by atoms with E-state index in [1.54, 1.807) is 11.8 Å². The number of hydrogen-bond donors (Lipinski definition) is 4. The molecule has 3 aliphatic rings. The third kappa shape index (κ3) is 15.1. The number of piperidine rings is 2. The van der Waals surface area contributed by atoms with Crippen LogP contribution >= 0.6 is 0 Å². The number of likely N-dealkylation sites (tertiary alicyclic amines) is 2. The Kier molecular flexibility index (Phi) is 17.5. The maximum atomic E-state index is 13.6. The summed E-state index contributed by atoms with van der Waals surface area (Å²) in [5, 5.41) is 14.7. The van der Waals surface area contributed by atoms with Crippen LogP contribution in [0.4, 0.5) is 9.59 Å². The summed E-state index contributed by atoms with van der Waals surface area (Å²) in [6, 6.07) is 5.31. The van der Waals surface area contributed by atoms with Gasteiger partial charge >= 0.3 is 18.2 Å². The molecule has 4 rings (SSSR count). The van der Waals surface area contributed by atoms with Crippen molar-refractivity contribution in [1.29, 1.82) is 0 Å². The molecule has 3 fully saturated rings. The average molecular weight is 820 g/mol. The van der Waals surface area contributed by atoms with Crippen molar-refractivity contribution in [2.24, 2.45) is 17.8 Å². The molecular weight excluding hydrogens is 755 g/mol. The number of benzene rings is 1. The summed E-state index contributed by atoms with van der Waals surface area (Å²) in [4.78, 5) is 66.5. The van der Waals surface area contributed by atoms with Gasteiger partial charge in [-0.3, -0.25) is 14.4 Å². The number of rotatable bonds is 17. The van der Waals surface area contributed by atoms with Gasteiger partial charge in [0.25, 0.3) is 0 Å². The number of ether oxygens (including phenoxy) is 2. The Bertz CT molecular complexity index is 1590. The highest BCUT2D eigenvalue weighted by molar-refractivity contribution is 7.89. The van der Waals surface area contributed by atoms with Crippen LogP contribution in [0.5, 0.6) is 0 Å². The van der Waals surface area contributed by atoms with Crippen LogP contribution in [0, 0.1) is 17.8 Å². The van der Waals surface area contributed by atoms with Crippen LogP contribution in [-0.4, -0.2) is 111 Å². The fourth-order valence-electron chi connectivity index (χ4n) is 8.04. The second-order valence-electron chi connectivity index (χ2n) is 16.8. The number of hydrogen-bond acceptors (Lipinski definition) is 9. The zero-order chi connectivity index (χ0) is 41.6. The lowest BCUT2D eigenvalue weighted by atomic mass is 9.84. The third-order valence-electron chi connectivity index (χ3n) is 11.4. The molecular formula is C41H65N5O10S. The van der Waals surface area contributed by atoms with Gasteiger partial charge in [-0.05, 0) is 127 Å². The molecule has 15 nitrogen and oxygen atoms in total. The second-order valence-corrected chi connectivity index (χ2v) is 18.5. The molecule has 1 aromatic carbocycles. The zero-order valence-corrected chi connectivity index (χ0v) is 35.1. The SMILES string of the molecule is CCOC(=O)[C@H](CNC(=O)CNC(=O)C(CCC1CCN(C(=O)O)CC1)CCC1CCN(C(=O)OC(C)(C)C)CC1)NS(=O)(=O)c1ccc(C2CCCCC2)cc1. The molecule has 4 N–H and O–H groups in total. The summed E-state index contributed by atoms with van der Waals surface area (Å²) >= 11 is 0. The van der Waals surface area contributed by atoms with Crippen molar-refractivity contribution >= 4 is 40.0 Å².